The second-order valence-corrected chi connectivity index (χ2v) is 16.4. The molecule has 63 heavy (non-hydrogen) atoms. The first-order valence-corrected chi connectivity index (χ1v) is 22.4. The largest absolute Gasteiger partial charge is 0.436 e. The standard InChI is InChI=1S/C54H56N4O5/c59-52(49(36-39-23-9-6-10-24-39)58-54(61)63-51-47-31-17-13-27-43(47)44-28-14-18-32-48(44)51)56-34-20-4-2-1-3-19-33-55-40(35-38-21-7-5-8-22-38)37-57-53(60)62-50-45-29-15-11-25-41(45)42-26-12-16-30-46(42)50/h5-18,21-32,40,49-51,55H,1-4,19-20,33-37H2,(H,56,59)(H,57,60)(H,58,61). The van der Waals surface area contributed by atoms with Gasteiger partial charge in [-0.1, -0.05) is 183 Å². The molecule has 0 fully saturated rings. The summed E-state index contributed by atoms with van der Waals surface area (Å²) in [7, 11) is 0. The molecule has 0 radical (unpaired) electrons. The summed E-state index contributed by atoms with van der Waals surface area (Å²) in [4.78, 5) is 40.1. The molecule has 3 amide bonds. The summed E-state index contributed by atoms with van der Waals surface area (Å²) >= 11 is 0. The van der Waals surface area contributed by atoms with Crippen LogP contribution in [0, 0.1) is 0 Å². The van der Waals surface area contributed by atoms with E-state index in [1.807, 2.05) is 133 Å². The Morgan fingerprint density at radius 2 is 0.857 bits per heavy atom. The Balaban J connectivity index is 0.751. The van der Waals surface area contributed by atoms with Crippen LogP contribution in [0.5, 0.6) is 0 Å². The maximum absolute atomic E-state index is 13.5. The highest BCUT2D eigenvalue weighted by molar-refractivity contribution is 5.86. The maximum atomic E-state index is 13.5. The van der Waals surface area contributed by atoms with Crippen LogP contribution in [0.1, 0.15) is 84.1 Å². The van der Waals surface area contributed by atoms with E-state index in [0.717, 1.165) is 102 Å². The van der Waals surface area contributed by atoms with E-state index in [2.05, 4.69) is 45.5 Å². The van der Waals surface area contributed by atoms with Crippen LogP contribution < -0.4 is 21.3 Å². The molecule has 4 N–H and O–H groups in total. The van der Waals surface area contributed by atoms with Crippen LogP contribution in [0.4, 0.5) is 9.59 Å². The number of ether oxygens (including phenoxy) is 2. The van der Waals surface area contributed by atoms with E-state index in [4.69, 9.17) is 9.47 Å². The Bertz CT molecular complexity index is 2370. The third-order valence-electron chi connectivity index (χ3n) is 12.0. The van der Waals surface area contributed by atoms with Crippen molar-refractivity contribution in [2.45, 2.75) is 75.7 Å². The fourth-order valence-electron chi connectivity index (χ4n) is 8.88. The van der Waals surface area contributed by atoms with Gasteiger partial charge in [-0.15, -0.1) is 0 Å². The fourth-order valence-corrected chi connectivity index (χ4v) is 8.88. The van der Waals surface area contributed by atoms with Crippen LogP contribution in [-0.4, -0.2) is 49.8 Å². The molecule has 0 bridgehead atoms. The molecule has 6 aromatic rings. The van der Waals surface area contributed by atoms with Crippen molar-refractivity contribution >= 4 is 18.1 Å². The van der Waals surface area contributed by atoms with E-state index in [1.54, 1.807) is 0 Å². The third kappa shape index (κ3) is 11.0. The zero-order valence-electron chi connectivity index (χ0n) is 35.6. The van der Waals surface area contributed by atoms with Crippen molar-refractivity contribution in [1.82, 2.24) is 21.3 Å². The van der Waals surface area contributed by atoms with E-state index in [9.17, 15) is 14.4 Å². The molecule has 0 saturated heterocycles. The van der Waals surface area contributed by atoms with E-state index in [-0.39, 0.29) is 11.9 Å². The Morgan fingerprint density at radius 1 is 0.444 bits per heavy atom. The normalized spacial score (nSPS) is 13.5. The molecule has 0 aromatic heterocycles. The average molecular weight is 841 g/mol. The van der Waals surface area contributed by atoms with Crippen LogP contribution in [0.15, 0.2) is 158 Å². The van der Waals surface area contributed by atoms with Gasteiger partial charge in [0, 0.05) is 47.8 Å². The molecule has 322 valence electrons. The molecule has 2 aliphatic rings. The van der Waals surface area contributed by atoms with E-state index >= 15 is 0 Å². The number of hydrogen-bond donors (Lipinski definition) is 4. The van der Waals surface area contributed by atoms with Crippen LogP contribution in [0.25, 0.3) is 22.3 Å². The fraction of sp³-hybridized carbons (Fsp3) is 0.278. The third-order valence-corrected chi connectivity index (χ3v) is 12.0. The zero-order chi connectivity index (χ0) is 43.2. The summed E-state index contributed by atoms with van der Waals surface area (Å²) in [5.41, 5.74) is 10.4. The van der Waals surface area contributed by atoms with E-state index in [0.29, 0.717) is 19.5 Å². The lowest BCUT2D eigenvalue weighted by atomic mass is 10.0. The van der Waals surface area contributed by atoms with Gasteiger partial charge in [0.1, 0.15) is 6.04 Å². The lowest BCUT2D eigenvalue weighted by Gasteiger charge is -2.21. The zero-order valence-corrected chi connectivity index (χ0v) is 35.6. The molecule has 0 heterocycles. The molecule has 2 aliphatic carbocycles. The molecule has 2 unspecified atom stereocenters. The van der Waals surface area contributed by atoms with Gasteiger partial charge >= 0.3 is 12.2 Å². The van der Waals surface area contributed by atoms with Crippen LogP contribution in [-0.2, 0) is 27.1 Å². The highest BCUT2D eigenvalue weighted by Crippen LogP contribution is 2.46. The van der Waals surface area contributed by atoms with Gasteiger partial charge in [0.15, 0.2) is 12.2 Å². The quantitative estimate of drug-likeness (QED) is 0.0569. The lowest BCUT2D eigenvalue weighted by Crippen LogP contribution is -2.48. The van der Waals surface area contributed by atoms with Crippen molar-refractivity contribution in [3.05, 3.63) is 191 Å². The smallest absolute Gasteiger partial charge is 0.408 e. The summed E-state index contributed by atoms with van der Waals surface area (Å²) in [6.07, 6.45) is 5.20. The van der Waals surface area contributed by atoms with Gasteiger partial charge in [0.05, 0.1) is 0 Å². The minimum absolute atomic E-state index is 0.0462. The van der Waals surface area contributed by atoms with Crippen LogP contribution in [0.2, 0.25) is 0 Å². The van der Waals surface area contributed by atoms with Gasteiger partial charge in [0.25, 0.3) is 0 Å². The van der Waals surface area contributed by atoms with Gasteiger partial charge < -0.3 is 30.7 Å². The molecular formula is C54H56N4O5. The number of nitrogens with one attached hydrogen (secondary N) is 4. The van der Waals surface area contributed by atoms with Gasteiger partial charge in [-0.05, 0) is 59.2 Å². The van der Waals surface area contributed by atoms with Crippen molar-refractivity contribution in [1.29, 1.82) is 0 Å². The topological polar surface area (TPSA) is 118 Å². The van der Waals surface area contributed by atoms with E-state index < -0.39 is 30.4 Å². The summed E-state index contributed by atoms with van der Waals surface area (Å²) in [5, 5.41) is 12.7. The number of amides is 3. The molecule has 0 spiro atoms. The first-order chi connectivity index (χ1) is 31.0. The number of unbranched alkanes of at least 4 members (excludes halogenated alkanes) is 5. The molecule has 6 aromatic carbocycles. The number of fused-ring (bicyclic) bond motifs is 6. The first-order valence-electron chi connectivity index (χ1n) is 22.4. The van der Waals surface area contributed by atoms with Crippen molar-refractivity contribution in [3.63, 3.8) is 0 Å². The summed E-state index contributed by atoms with van der Waals surface area (Å²) in [5.74, 6) is -0.226. The Kier molecular flexibility index (Phi) is 14.6. The monoisotopic (exact) mass is 840 g/mol. The van der Waals surface area contributed by atoms with Crippen molar-refractivity contribution in [2.75, 3.05) is 19.6 Å². The van der Waals surface area contributed by atoms with Gasteiger partial charge in [-0.25, -0.2) is 9.59 Å². The number of alkyl carbamates (subject to hydrolysis) is 2. The molecule has 9 heteroatoms. The highest BCUT2D eigenvalue weighted by Gasteiger charge is 2.33. The number of carbonyl (C=O) groups excluding carboxylic acids is 3. The summed E-state index contributed by atoms with van der Waals surface area (Å²) in [6.45, 7) is 1.82. The Labute approximate surface area is 370 Å². The molecule has 0 saturated carbocycles. The predicted octanol–water partition coefficient (Wildman–Crippen LogP) is 10.2. The van der Waals surface area contributed by atoms with Gasteiger partial charge in [-0.2, -0.15) is 0 Å². The predicted molar refractivity (Wildman–Crippen MR) is 248 cm³/mol. The van der Waals surface area contributed by atoms with Crippen molar-refractivity contribution in [2.24, 2.45) is 0 Å². The number of carbonyl (C=O) groups is 3. The van der Waals surface area contributed by atoms with Crippen LogP contribution >= 0.6 is 0 Å². The molecule has 0 aliphatic heterocycles. The van der Waals surface area contributed by atoms with Gasteiger partial charge in [0.2, 0.25) is 5.91 Å². The molecule has 8 rings (SSSR count). The second kappa shape index (κ2) is 21.4. The number of hydrogen-bond acceptors (Lipinski definition) is 6. The highest BCUT2D eigenvalue weighted by atomic mass is 16.6. The number of rotatable bonds is 20. The Morgan fingerprint density at radius 3 is 1.37 bits per heavy atom. The van der Waals surface area contributed by atoms with Crippen molar-refractivity contribution < 1.29 is 23.9 Å². The summed E-state index contributed by atoms with van der Waals surface area (Å²) in [6, 6.07) is 51.4. The maximum Gasteiger partial charge on any atom is 0.408 e. The average Bonchev–Trinajstić information content (AvgIpc) is 3.80. The van der Waals surface area contributed by atoms with Crippen molar-refractivity contribution in [3.8, 4) is 22.3 Å². The minimum Gasteiger partial charge on any atom is -0.436 e. The van der Waals surface area contributed by atoms with E-state index in [1.165, 1.54) is 5.56 Å². The number of benzene rings is 6. The molecule has 2 atom stereocenters. The Hall–Kier alpha value is -6.71. The molecular weight excluding hydrogens is 785 g/mol. The minimum atomic E-state index is -0.784. The SMILES string of the molecule is O=C(NCC(Cc1ccccc1)NCCCCCCCCNC(=O)C(Cc1ccccc1)NC(=O)OC1c2ccccc2-c2ccccc21)OC1c2ccccc2-c2ccccc21. The first kappa shape index (κ1) is 43.0. The molecule has 9 nitrogen and oxygen atoms in total. The van der Waals surface area contributed by atoms with Gasteiger partial charge in [-0.3, -0.25) is 4.79 Å². The lowest BCUT2D eigenvalue weighted by molar-refractivity contribution is -0.123. The second-order valence-electron chi connectivity index (χ2n) is 16.4. The summed E-state index contributed by atoms with van der Waals surface area (Å²) < 4.78 is 12.1. The van der Waals surface area contributed by atoms with Crippen LogP contribution in [0.3, 0.4) is 0 Å².